The van der Waals surface area contributed by atoms with Crippen molar-refractivity contribution in [3.63, 3.8) is 0 Å². The Kier molecular flexibility index (Phi) is 8.71. The molecule has 8 aromatic rings. The number of phosphoric acid groups is 1. The van der Waals surface area contributed by atoms with Gasteiger partial charge in [0.1, 0.15) is 11.5 Å². The third-order valence-corrected chi connectivity index (χ3v) is 14.4. The fourth-order valence-corrected chi connectivity index (χ4v) is 12.0. The van der Waals surface area contributed by atoms with E-state index in [0.717, 1.165) is 102 Å². The smallest absolute Gasteiger partial charge is 0.394 e. The molecule has 4 nitrogen and oxygen atoms in total. The summed E-state index contributed by atoms with van der Waals surface area (Å²) in [6.07, 6.45) is 1.58. The largest absolute Gasteiger partial charge is 0.584 e. The van der Waals surface area contributed by atoms with Gasteiger partial charge < -0.3 is 9.05 Å². The van der Waals surface area contributed by atoms with Crippen LogP contribution in [0.25, 0.3) is 66.8 Å². The van der Waals surface area contributed by atoms with Crippen molar-refractivity contribution in [2.75, 3.05) is 0 Å². The molecular formula is C57H47O4P. The Hall–Kier alpha value is -6.45. The summed E-state index contributed by atoms with van der Waals surface area (Å²) in [6.45, 7) is 9.20. The number of benzene rings is 8. The minimum atomic E-state index is -4.82. The van der Waals surface area contributed by atoms with Gasteiger partial charge in [-0.15, -0.1) is 0 Å². The van der Waals surface area contributed by atoms with Crippen molar-refractivity contribution in [3.8, 4) is 78.3 Å². The molecule has 0 fully saturated rings. The van der Waals surface area contributed by atoms with Crippen LogP contribution in [0.1, 0.15) is 62.8 Å². The zero-order valence-corrected chi connectivity index (χ0v) is 36.2. The minimum absolute atomic E-state index is 0.282. The minimum Gasteiger partial charge on any atom is -0.394 e. The summed E-state index contributed by atoms with van der Waals surface area (Å²) >= 11 is 0. The van der Waals surface area contributed by atoms with Crippen molar-refractivity contribution in [2.45, 2.75) is 56.8 Å². The van der Waals surface area contributed by atoms with Crippen LogP contribution in [-0.4, -0.2) is 4.89 Å². The van der Waals surface area contributed by atoms with Crippen LogP contribution in [0.2, 0.25) is 0 Å². The molecule has 1 aliphatic heterocycles. The molecule has 0 radical (unpaired) electrons. The molecule has 0 saturated heterocycles. The van der Waals surface area contributed by atoms with E-state index in [2.05, 4.69) is 185 Å². The van der Waals surface area contributed by atoms with Crippen LogP contribution in [0.15, 0.2) is 182 Å². The second-order valence-electron chi connectivity index (χ2n) is 18.6. The molecule has 304 valence electrons. The molecule has 0 bridgehead atoms. The lowest BCUT2D eigenvalue weighted by atomic mass is 9.71. The Bertz CT molecular complexity index is 2780. The average Bonchev–Trinajstić information content (AvgIpc) is 3.66. The molecule has 0 saturated carbocycles. The molecule has 3 aliphatic rings. The molecule has 5 heteroatoms. The Balaban J connectivity index is 1.18. The predicted molar refractivity (Wildman–Crippen MR) is 253 cm³/mol. The Labute approximate surface area is 364 Å². The van der Waals surface area contributed by atoms with E-state index in [0.29, 0.717) is 11.5 Å². The topological polar surface area (TPSA) is 55.8 Å². The summed E-state index contributed by atoms with van der Waals surface area (Å²) < 4.78 is 28.2. The number of rotatable bonds is 6. The van der Waals surface area contributed by atoms with E-state index in [-0.39, 0.29) is 10.8 Å². The first-order valence-corrected chi connectivity index (χ1v) is 23.0. The van der Waals surface area contributed by atoms with E-state index in [1.807, 2.05) is 24.3 Å². The first-order valence-electron chi connectivity index (χ1n) is 21.5. The van der Waals surface area contributed by atoms with E-state index in [1.165, 1.54) is 0 Å². The van der Waals surface area contributed by atoms with Gasteiger partial charge in [-0.25, -0.2) is 4.57 Å². The molecule has 0 aromatic heterocycles. The third kappa shape index (κ3) is 6.27. The lowest BCUT2D eigenvalue weighted by Crippen LogP contribution is -2.29. The summed E-state index contributed by atoms with van der Waals surface area (Å²) in [5.41, 5.74) is 15.0. The molecule has 62 heavy (non-hydrogen) atoms. The highest BCUT2D eigenvalue weighted by atomic mass is 31.2. The maximum absolute atomic E-state index is 15.0. The zero-order valence-electron chi connectivity index (χ0n) is 35.4. The second kappa shape index (κ2) is 14.0. The monoisotopic (exact) mass is 826 g/mol. The summed E-state index contributed by atoms with van der Waals surface area (Å²) in [5.74, 6) is 0.862. The molecule has 1 spiro atoms. The summed E-state index contributed by atoms with van der Waals surface area (Å²) in [7, 11) is -4.82. The highest BCUT2D eigenvalue weighted by Crippen LogP contribution is 2.71. The van der Waals surface area contributed by atoms with Gasteiger partial charge in [0.25, 0.3) is 0 Å². The molecule has 0 atom stereocenters. The van der Waals surface area contributed by atoms with Gasteiger partial charge >= 0.3 is 7.82 Å². The van der Waals surface area contributed by atoms with Crippen LogP contribution in [-0.2, 0) is 20.8 Å². The van der Waals surface area contributed by atoms with Gasteiger partial charge in [0.05, 0.1) is 0 Å². The van der Waals surface area contributed by atoms with E-state index in [4.69, 9.17) is 9.05 Å². The fraction of sp³-hybridized carbons (Fsp3) is 0.158. The van der Waals surface area contributed by atoms with Crippen LogP contribution in [0.5, 0.6) is 11.5 Å². The van der Waals surface area contributed by atoms with Gasteiger partial charge in [-0.2, -0.15) is 0 Å². The van der Waals surface area contributed by atoms with E-state index in [1.54, 1.807) is 0 Å². The molecule has 1 N–H and O–H groups in total. The van der Waals surface area contributed by atoms with Crippen molar-refractivity contribution in [3.05, 3.63) is 204 Å². The SMILES string of the molecule is CC1(C)CC23CC(C)(C)c4ccc(-c5cc(-c6ccccc6)cc(-c6ccccc6)c5)c(c42)OP(=O)(O)Oc2c(-c4cc(-c5ccccc5)cc(-c5ccccc5)c4)ccc1c23. The van der Waals surface area contributed by atoms with Crippen molar-refractivity contribution < 1.29 is 18.5 Å². The maximum atomic E-state index is 15.0. The molecule has 0 unspecified atom stereocenters. The predicted octanol–water partition coefficient (Wildman–Crippen LogP) is 15.2. The van der Waals surface area contributed by atoms with Crippen molar-refractivity contribution >= 4 is 7.82 Å². The number of phosphoric ester groups is 1. The highest BCUT2D eigenvalue weighted by Gasteiger charge is 2.61. The number of hydrogen-bond donors (Lipinski definition) is 1. The summed E-state index contributed by atoms with van der Waals surface area (Å²) in [4.78, 5) is 12.2. The standard InChI is InChI=1S/C57H47O4P/c1-55(2)35-57-36-56(3,4)50-28-26-48(46-33-43(39-21-13-7-14-22-39)30-44(34-46)40-23-15-8-16-24-40)54(52(50)57)61-62(58,59)60-53-47(25-27-49(55)51(53)57)45-31-41(37-17-9-5-10-18-37)29-42(32-45)38-19-11-6-12-20-38/h5-34H,35-36H2,1-4H3,(H,58,59). The molecule has 11 rings (SSSR count). The Morgan fingerprint density at radius 1 is 0.403 bits per heavy atom. The lowest BCUT2D eigenvalue weighted by Gasteiger charge is -2.35. The van der Waals surface area contributed by atoms with E-state index < -0.39 is 13.2 Å². The van der Waals surface area contributed by atoms with E-state index in [9.17, 15) is 9.46 Å². The zero-order chi connectivity index (χ0) is 42.4. The molecular weight excluding hydrogens is 780 g/mol. The highest BCUT2D eigenvalue weighted by molar-refractivity contribution is 7.48. The number of hydrogen-bond acceptors (Lipinski definition) is 3. The van der Waals surface area contributed by atoms with Gasteiger partial charge in [-0.05, 0) is 127 Å². The molecule has 1 heterocycles. The normalized spacial score (nSPS) is 16.9. The molecule has 8 aromatic carbocycles. The van der Waals surface area contributed by atoms with Crippen LogP contribution >= 0.6 is 7.82 Å². The van der Waals surface area contributed by atoms with Crippen LogP contribution in [0, 0.1) is 0 Å². The van der Waals surface area contributed by atoms with Gasteiger partial charge in [0.2, 0.25) is 0 Å². The van der Waals surface area contributed by atoms with Crippen LogP contribution in [0.4, 0.5) is 0 Å². The van der Waals surface area contributed by atoms with Crippen molar-refractivity contribution in [1.82, 2.24) is 0 Å². The van der Waals surface area contributed by atoms with Crippen LogP contribution < -0.4 is 9.05 Å². The third-order valence-electron chi connectivity index (χ3n) is 13.5. The molecule has 0 amide bonds. The summed E-state index contributed by atoms with van der Waals surface area (Å²) in [5, 5.41) is 0. The fourth-order valence-electron chi connectivity index (χ4n) is 11.1. The Morgan fingerprint density at radius 2 is 0.694 bits per heavy atom. The van der Waals surface area contributed by atoms with Gasteiger partial charge in [0, 0.05) is 27.7 Å². The van der Waals surface area contributed by atoms with E-state index >= 15 is 0 Å². The van der Waals surface area contributed by atoms with Crippen molar-refractivity contribution in [1.29, 1.82) is 0 Å². The quantitative estimate of drug-likeness (QED) is 0.170. The Morgan fingerprint density at radius 3 is 1.00 bits per heavy atom. The maximum Gasteiger partial charge on any atom is 0.584 e. The van der Waals surface area contributed by atoms with Crippen molar-refractivity contribution in [2.24, 2.45) is 0 Å². The van der Waals surface area contributed by atoms with Gasteiger partial charge in [-0.1, -0.05) is 173 Å². The molecule has 2 aliphatic carbocycles. The summed E-state index contributed by atoms with van der Waals surface area (Å²) in [6, 6.07) is 63.3. The first-order chi connectivity index (χ1) is 29.9. The van der Waals surface area contributed by atoms with Gasteiger partial charge in [0.15, 0.2) is 0 Å². The first kappa shape index (κ1) is 38.5. The average molecular weight is 827 g/mol. The van der Waals surface area contributed by atoms with Gasteiger partial charge in [-0.3, -0.25) is 4.89 Å². The second-order valence-corrected chi connectivity index (χ2v) is 19.9. The lowest BCUT2D eigenvalue weighted by molar-refractivity contribution is 0.276. The van der Waals surface area contributed by atoms with Crippen LogP contribution in [0.3, 0.4) is 0 Å².